The zero-order valence-electron chi connectivity index (χ0n) is 13.4. The van der Waals surface area contributed by atoms with Gasteiger partial charge in [-0.15, -0.1) is 0 Å². The van der Waals surface area contributed by atoms with Crippen molar-refractivity contribution in [1.82, 2.24) is 5.32 Å². The van der Waals surface area contributed by atoms with Crippen molar-refractivity contribution < 1.29 is 14.3 Å². The maximum atomic E-state index is 12.0. The third-order valence-electron chi connectivity index (χ3n) is 3.29. The van der Waals surface area contributed by atoms with Crippen molar-refractivity contribution in [3.05, 3.63) is 63.6 Å². The minimum Gasteiger partial charge on any atom is -0.492 e. The lowest BCUT2D eigenvalue weighted by molar-refractivity contribution is 0.0951. The van der Waals surface area contributed by atoms with Crippen LogP contribution in [-0.2, 0) is 11.3 Å². The first kappa shape index (κ1) is 18.6. The van der Waals surface area contributed by atoms with Crippen LogP contribution >= 0.6 is 23.2 Å². The van der Waals surface area contributed by atoms with Gasteiger partial charge in [0.05, 0.1) is 18.2 Å². The van der Waals surface area contributed by atoms with Crippen LogP contribution in [0.3, 0.4) is 0 Å². The molecule has 1 N–H and O–H groups in total. The van der Waals surface area contributed by atoms with Crippen molar-refractivity contribution in [3.63, 3.8) is 0 Å². The molecule has 2 rings (SSSR count). The van der Waals surface area contributed by atoms with E-state index in [4.69, 9.17) is 32.7 Å². The Bertz CT molecular complexity index is 674. The zero-order chi connectivity index (χ0) is 17.4. The van der Waals surface area contributed by atoms with Gasteiger partial charge in [0.1, 0.15) is 5.75 Å². The van der Waals surface area contributed by atoms with Crippen LogP contribution in [0.25, 0.3) is 0 Å². The van der Waals surface area contributed by atoms with Gasteiger partial charge in [-0.2, -0.15) is 0 Å². The molecule has 0 aromatic heterocycles. The first-order valence-electron chi connectivity index (χ1n) is 7.54. The molecule has 0 bridgehead atoms. The standard InChI is InChI=1S/C18H19Cl2NO3/c1-23-12-13-3-5-14(6-4-13)18(22)21-9-2-10-24-17-8-7-15(19)11-16(17)20/h3-8,11H,2,9-10,12H2,1H3,(H,21,22). The zero-order valence-corrected chi connectivity index (χ0v) is 14.9. The van der Waals surface area contributed by atoms with E-state index in [1.165, 1.54) is 0 Å². The monoisotopic (exact) mass is 367 g/mol. The van der Waals surface area contributed by atoms with Crippen molar-refractivity contribution in [2.75, 3.05) is 20.3 Å². The molecule has 0 spiro atoms. The summed E-state index contributed by atoms with van der Waals surface area (Å²) in [7, 11) is 1.64. The van der Waals surface area contributed by atoms with Crippen LogP contribution < -0.4 is 10.1 Å². The van der Waals surface area contributed by atoms with Crippen LogP contribution in [0.5, 0.6) is 5.75 Å². The fourth-order valence-corrected chi connectivity index (χ4v) is 2.53. The second-order valence-corrected chi connectivity index (χ2v) is 6.01. The number of ether oxygens (including phenoxy) is 2. The molecule has 2 aromatic carbocycles. The summed E-state index contributed by atoms with van der Waals surface area (Å²) in [6, 6.07) is 12.4. The average Bonchev–Trinajstić information content (AvgIpc) is 2.57. The first-order valence-corrected chi connectivity index (χ1v) is 8.29. The van der Waals surface area contributed by atoms with Gasteiger partial charge in [0, 0.05) is 24.2 Å². The Morgan fingerprint density at radius 3 is 2.54 bits per heavy atom. The van der Waals surface area contributed by atoms with Gasteiger partial charge in [-0.25, -0.2) is 0 Å². The Balaban J connectivity index is 1.70. The Labute approximate surface area is 151 Å². The predicted octanol–water partition coefficient (Wildman–Crippen LogP) is 4.34. The molecule has 6 heteroatoms. The number of amides is 1. The summed E-state index contributed by atoms with van der Waals surface area (Å²) in [6.45, 7) is 1.50. The molecule has 0 aliphatic rings. The lowest BCUT2D eigenvalue weighted by atomic mass is 10.1. The fraction of sp³-hybridized carbons (Fsp3) is 0.278. The van der Waals surface area contributed by atoms with Gasteiger partial charge in [-0.3, -0.25) is 4.79 Å². The normalized spacial score (nSPS) is 10.5. The Morgan fingerprint density at radius 2 is 1.88 bits per heavy atom. The molecule has 1 amide bonds. The maximum Gasteiger partial charge on any atom is 0.251 e. The molecule has 0 fully saturated rings. The van der Waals surface area contributed by atoms with Crippen molar-refractivity contribution in [2.24, 2.45) is 0 Å². The number of benzene rings is 2. The number of nitrogens with one attached hydrogen (secondary N) is 1. The Hall–Kier alpha value is -1.75. The molecule has 4 nitrogen and oxygen atoms in total. The highest BCUT2D eigenvalue weighted by Gasteiger charge is 2.05. The number of halogens is 2. The van der Waals surface area contributed by atoms with Crippen LogP contribution in [0, 0.1) is 0 Å². The van der Waals surface area contributed by atoms with Crippen LogP contribution in [-0.4, -0.2) is 26.2 Å². The summed E-state index contributed by atoms with van der Waals surface area (Å²) in [5, 5.41) is 3.90. The third-order valence-corrected chi connectivity index (χ3v) is 3.82. The topological polar surface area (TPSA) is 47.6 Å². The van der Waals surface area contributed by atoms with Crippen molar-refractivity contribution in [2.45, 2.75) is 13.0 Å². The van der Waals surface area contributed by atoms with Gasteiger partial charge in [-0.05, 0) is 42.3 Å². The highest BCUT2D eigenvalue weighted by molar-refractivity contribution is 6.35. The summed E-state index contributed by atoms with van der Waals surface area (Å²) in [6.07, 6.45) is 0.673. The lowest BCUT2D eigenvalue weighted by Gasteiger charge is -2.09. The number of hydrogen-bond donors (Lipinski definition) is 1. The SMILES string of the molecule is COCc1ccc(C(=O)NCCCOc2ccc(Cl)cc2Cl)cc1. The van der Waals surface area contributed by atoms with Crippen LogP contribution in [0.4, 0.5) is 0 Å². The molecule has 0 aliphatic heterocycles. The molecule has 0 heterocycles. The van der Waals surface area contributed by atoms with E-state index < -0.39 is 0 Å². The van der Waals surface area contributed by atoms with Gasteiger partial charge in [0.15, 0.2) is 0 Å². The minimum absolute atomic E-state index is 0.108. The van der Waals surface area contributed by atoms with E-state index in [2.05, 4.69) is 5.32 Å². The Morgan fingerprint density at radius 1 is 1.12 bits per heavy atom. The molecule has 0 radical (unpaired) electrons. The second-order valence-electron chi connectivity index (χ2n) is 5.16. The number of hydrogen-bond acceptors (Lipinski definition) is 3. The lowest BCUT2D eigenvalue weighted by Crippen LogP contribution is -2.25. The van der Waals surface area contributed by atoms with Gasteiger partial charge in [0.25, 0.3) is 5.91 Å². The molecule has 0 saturated heterocycles. The number of methoxy groups -OCH3 is 1. The summed E-state index contributed by atoms with van der Waals surface area (Å²) < 4.78 is 10.6. The van der Waals surface area contributed by atoms with Gasteiger partial charge in [0.2, 0.25) is 0 Å². The fourth-order valence-electron chi connectivity index (χ4n) is 2.07. The molecule has 0 unspecified atom stereocenters. The summed E-state index contributed by atoms with van der Waals surface area (Å²) >= 11 is 11.8. The van der Waals surface area contributed by atoms with Gasteiger partial charge in [-0.1, -0.05) is 35.3 Å². The molecule has 0 aliphatic carbocycles. The smallest absolute Gasteiger partial charge is 0.251 e. The van der Waals surface area contributed by atoms with E-state index in [-0.39, 0.29) is 5.91 Å². The highest BCUT2D eigenvalue weighted by Crippen LogP contribution is 2.27. The molecule has 128 valence electrons. The Kier molecular flexibility index (Phi) is 7.37. The average molecular weight is 368 g/mol. The van der Waals surface area contributed by atoms with Crippen molar-refractivity contribution >= 4 is 29.1 Å². The van der Waals surface area contributed by atoms with E-state index >= 15 is 0 Å². The number of rotatable bonds is 8. The predicted molar refractivity (Wildman–Crippen MR) is 96.1 cm³/mol. The summed E-state index contributed by atoms with van der Waals surface area (Å²) in [5.41, 5.74) is 1.65. The quantitative estimate of drug-likeness (QED) is 0.706. The molecular formula is C18H19Cl2NO3. The van der Waals surface area contributed by atoms with Crippen LogP contribution in [0.15, 0.2) is 42.5 Å². The van der Waals surface area contributed by atoms with Gasteiger partial charge < -0.3 is 14.8 Å². The molecule has 0 atom stereocenters. The van der Waals surface area contributed by atoms with Gasteiger partial charge >= 0.3 is 0 Å². The van der Waals surface area contributed by atoms with Crippen LogP contribution in [0.1, 0.15) is 22.3 Å². The summed E-state index contributed by atoms with van der Waals surface area (Å²) in [5.74, 6) is 0.476. The van der Waals surface area contributed by atoms with E-state index in [0.717, 1.165) is 5.56 Å². The maximum absolute atomic E-state index is 12.0. The largest absolute Gasteiger partial charge is 0.492 e. The minimum atomic E-state index is -0.108. The second kappa shape index (κ2) is 9.52. The van der Waals surface area contributed by atoms with Crippen molar-refractivity contribution in [3.8, 4) is 5.75 Å². The molecular weight excluding hydrogens is 349 g/mol. The first-order chi connectivity index (χ1) is 11.6. The van der Waals surface area contributed by atoms with E-state index in [1.807, 2.05) is 12.1 Å². The molecule has 0 saturated carbocycles. The number of carbonyl (C=O) groups is 1. The van der Waals surface area contributed by atoms with E-state index in [0.29, 0.717) is 47.5 Å². The van der Waals surface area contributed by atoms with Crippen molar-refractivity contribution in [1.29, 1.82) is 0 Å². The molecule has 24 heavy (non-hydrogen) atoms. The van der Waals surface area contributed by atoms with E-state index in [1.54, 1.807) is 37.4 Å². The summed E-state index contributed by atoms with van der Waals surface area (Å²) in [4.78, 5) is 12.0. The molecule has 2 aromatic rings. The van der Waals surface area contributed by atoms with E-state index in [9.17, 15) is 4.79 Å². The number of carbonyl (C=O) groups excluding carboxylic acids is 1. The van der Waals surface area contributed by atoms with Crippen LogP contribution in [0.2, 0.25) is 10.0 Å². The third kappa shape index (κ3) is 5.71. The highest BCUT2D eigenvalue weighted by atomic mass is 35.5.